The number of methoxy groups -OCH3 is 2. The van der Waals surface area contributed by atoms with Gasteiger partial charge in [0.05, 0.1) is 25.2 Å². The molecule has 1 aliphatic rings. The van der Waals surface area contributed by atoms with Crippen LogP contribution >= 0.6 is 0 Å². The van der Waals surface area contributed by atoms with Gasteiger partial charge >= 0.3 is 5.69 Å². The quantitative estimate of drug-likeness (QED) is 0.634. The van der Waals surface area contributed by atoms with Crippen molar-refractivity contribution in [2.75, 3.05) is 33.9 Å². The molecule has 3 rings (SSSR count). The van der Waals surface area contributed by atoms with Gasteiger partial charge in [0, 0.05) is 38.7 Å². The van der Waals surface area contributed by atoms with Crippen LogP contribution < -0.4 is 10.4 Å². The summed E-state index contributed by atoms with van der Waals surface area (Å²) in [4.78, 5) is 12.8. The summed E-state index contributed by atoms with van der Waals surface area (Å²) in [5.41, 5.74) is -0.147. The number of hydrogen-bond donors (Lipinski definition) is 0. The van der Waals surface area contributed by atoms with Gasteiger partial charge in [-0.2, -0.15) is 9.40 Å². The summed E-state index contributed by atoms with van der Waals surface area (Å²) in [7, 11) is -0.494. The second-order valence-electron chi connectivity index (χ2n) is 6.96. The standard InChI is InChI=1S/C19H28N4O5S/c1-4-22-18(20-23(19(22)24)12-13-27-2)15-8-10-21(11-9-15)29(25,26)17-7-5-6-16(14-17)28-3/h5-7,14-15H,4,8-13H2,1-3H3. The highest BCUT2D eigenvalue weighted by Crippen LogP contribution is 2.30. The van der Waals surface area contributed by atoms with Gasteiger partial charge in [-0.1, -0.05) is 6.07 Å². The van der Waals surface area contributed by atoms with Gasteiger partial charge in [0.25, 0.3) is 0 Å². The average Bonchev–Trinajstić information content (AvgIpc) is 3.07. The van der Waals surface area contributed by atoms with E-state index < -0.39 is 10.0 Å². The minimum absolute atomic E-state index is 0.0446. The molecule has 0 atom stereocenters. The number of nitrogens with zero attached hydrogens (tertiary/aromatic N) is 4. The Bertz CT molecular complexity index is 990. The fraction of sp³-hybridized carbons (Fsp3) is 0.579. The average molecular weight is 425 g/mol. The second kappa shape index (κ2) is 9.10. The molecular formula is C19H28N4O5S. The number of aromatic nitrogens is 3. The normalized spacial score (nSPS) is 16.2. The van der Waals surface area contributed by atoms with E-state index in [1.54, 1.807) is 29.9 Å². The van der Waals surface area contributed by atoms with Crippen molar-refractivity contribution in [3.63, 3.8) is 0 Å². The minimum atomic E-state index is -3.59. The summed E-state index contributed by atoms with van der Waals surface area (Å²) in [6.07, 6.45) is 1.23. The molecule has 0 unspecified atom stereocenters. The molecule has 0 aliphatic carbocycles. The van der Waals surface area contributed by atoms with Gasteiger partial charge in [-0.25, -0.2) is 17.9 Å². The van der Waals surface area contributed by atoms with Crippen LogP contribution in [0.2, 0.25) is 0 Å². The molecule has 0 bridgehead atoms. The van der Waals surface area contributed by atoms with Gasteiger partial charge in [0.15, 0.2) is 0 Å². The van der Waals surface area contributed by atoms with E-state index in [2.05, 4.69) is 5.10 Å². The van der Waals surface area contributed by atoms with Crippen LogP contribution in [0, 0.1) is 0 Å². The lowest BCUT2D eigenvalue weighted by molar-refractivity contribution is 0.182. The monoisotopic (exact) mass is 424 g/mol. The Morgan fingerprint density at radius 1 is 1.21 bits per heavy atom. The number of piperidine rings is 1. The molecule has 0 radical (unpaired) electrons. The van der Waals surface area contributed by atoms with E-state index in [0.29, 0.717) is 51.4 Å². The Labute approximate surface area is 170 Å². The fourth-order valence-corrected chi connectivity index (χ4v) is 5.15. The van der Waals surface area contributed by atoms with E-state index in [9.17, 15) is 13.2 Å². The molecule has 1 fully saturated rings. The lowest BCUT2D eigenvalue weighted by Gasteiger charge is -2.30. The second-order valence-corrected chi connectivity index (χ2v) is 8.90. The van der Waals surface area contributed by atoms with Gasteiger partial charge in [-0.3, -0.25) is 4.57 Å². The molecule has 9 nitrogen and oxygen atoms in total. The smallest absolute Gasteiger partial charge is 0.345 e. The summed E-state index contributed by atoms with van der Waals surface area (Å²) in [6, 6.07) is 6.50. The zero-order valence-corrected chi connectivity index (χ0v) is 17.9. The molecule has 1 saturated heterocycles. The van der Waals surface area contributed by atoms with Crippen molar-refractivity contribution < 1.29 is 17.9 Å². The predicted octanol–water partition coefficient (Wildman–Crippen LogP) is 1.29. The Balaban J connectivity index is 1.76. The highest BCUT2D eigenvalue weighted by molar-refractivity contribution is 7.89. The lowest BCUT2D eigenvalue weighted by Crippen LogP contribution is -2.38. The molecule has 10 heteroatoms. The van der Waals surface area contributed by atoms with Crippen molar-refractivity contribution in [1.82, 2.24) is 18.7 Å². The number of rotatable bonds is 8. The molecular weight excluding hydrogens is 396 g/mol. The first-order chi connectivity index (χ1) is 13.9. The molecule has 2 heterocycles. The Morgan fingerprint density at radius 2 is 1.93 bits per heavy atom. The van der Waals surface area contributed by atoms with E-state index in [4.69, 9.17) is 9.47 Å². The fourth-order valence-electron chi connectivity index (χ4n) is 3.65. The zero-order valence-electron chi connectivity index (χ0n) is 17.1. The highest BCUT2D eigenvalue weighted by Gasteiger charge is 2.32. The van der Waals surface area contributed by atoms with Gasteiger partial charge in [0.1, 0.15) is 11.6 Å². The lowest BCUT2D eigenvalue weighted by atomic mass is 9.97. The van der Waals surface area contributed by atoms with Crippen LogP contribution in [0.3, 0.4) is 0 Å². The summed E-state index contributed by atoms with van der Waals surface area (Å²) in [5, 5.41) is 4.51. The molecule has 29 heavy (non-hydrogen) atoms. The van der Waals surface area contributed by atoms with Crippen molar-refractivity contribution in [2.24, 2.45) is 0 Å². The highest BCUT2D eigenvalue weighted by atomic mass is 32.2. The molecule has 160 valence electrons. The first-order valence-corrected chi connectivity index (χ1v) is 11.2. The van der Waals surface area contributed by atoms with Crippen LogP contribution in [0.1, 0.15) is 31.5 Å². The third-order valence-electron chi connectivity index (χ3n) is 5.27. The first kappa shape index (κ1) is 21.5. The minimum Gasteiger partial charge on any atom is -0.497 e. The van der Waals surface area contributed by atoms with Gasteiger partial charge in [-0.15, -0.1) is 0 Å². The Hall–Kier alpha value is -2.17. The van der Waals surface area contributed by atoms with E-state index in [1.165, 1.54) is 22.2 Å². The number of hydrogen-bond acceptors (Lipinski definition) is 6. The van der Waals surface area contributed by atoms with Crippen LogP contribution in [0.5, 0.6) is 5.75 Å². The van der Waals surface area contributed by atoms with Crippen LogP contribution in [-0.2, 0) is 27.8 Å². The first-order valence-electron chi connectivity index (χ1n) is 9.73. The van der Waals surface area contributed by atoms with Crippen LogP contribution in [0.15, 0.2) is 34.0 Å². The van der Waals surface area contributed by atoms with E-state index >= 15 is 0 Å². The van der Waals surface area contributed by atoms with Crippen LogP contribution in [0.4, 0.5) is 0 Å². The maximum absolute atomic E-state index is 13.0. The van der Waals surface area contributed by atoms with Crippen molar-refractivity contribution in [1.29, 1.82) is 0 Å². The maximum atomic E-state index is 13.0. The van der Waals surface area contributed by atoms with Crippen LogP contribution in [-0.4, -0.2) is 61.0 Å². The SMILES string of the molecule is CCn1c(C2CCN(S(=O)(=O)c3cccc(OC)c3)CC2)nn(CCOC)c1=O. The van der Waals surface area contributed by atoms with Crippen molar-refractivity contribution in [3.8, 4) is 5.75 Å². The molecule has 0 saturated carbocycles. The van der Waals surface area contributed by atoms with Gasteiger partial charge < -0.3 is 9.47 Å². The van der Waals surface area contributed by atoms with E-state index in [-0.39, 0.29) is 16.5 Å². The van der Waals surface area contributed by atoms with E-state index in [1.807, 2.05) is 6.92 Å². The largest absolute Gasteiger partial charge is 0.497 e. The van der Waals surface area contributed by atoms with Crippen molar-refractivity contribution >= 4 is 10.0 Å². The van der Waals surface area contributed by atoms with E-state index in [0.717, 1.165) is 5.82 Å². The molecule has 1 aromatic heterocycles. The molecule has 0 N–H and O–H groups in total. The Kier molecular flexibility index (Phi) is 6.76. The van der Waals surface area contributed by atoms with Gasteiger partial charge in [0.2, 0.25) is 10.0 Å². The summed E-state index contributed by atoms with van der Waals surface area (Å²) in [6.45, 7) is 4.02. The van der Waals surface area contributed by atoms with Gasteiger partial charge in [-0.05, 0) is 31.9 Å². The number of sulfonamides is 1. The number of ether oxygens (including phenoxy) is 2. The van der Waals surface area contributed by atoms with Crippen LogP contribution in [0.25, 0.3) is 0 Å². The molecule has 1 aromatic carbocycles. The summed E-state index contributed by atoms with van der Waals surface area (Å²) in [5.74, 6) is 1.28. The van der Waals surface area contributed by atoms with Crippen molar-refractivity contribution in [2.45, 2.75) is 43.7 Å². The Morgan fingerprint density at radius 3 is 2.55 bits per heavy atom. The van der Waals surface area contributed by atoms with Crippen molar-refractivity contribution in [3.05, 3.63) is 40.6 Å². The topological polar surface area (TPSA) is 95.7 Å². The third kappa shape index (κ3) is 4.39. The predicted molar refractivity (Wildman–Crippen MR) is 108 cm³/mol. The number of benzene rings is 1. The molecule has 2 aromatic rings. The third-order valence-corrected chi connectivity index (χ3v) is 7.17. The summed E-state index contributed by atoms with van der Waals surface area (Å²) < 4.78 is 40.8. The maximum Gasteiger partial charge on any atom is 0.345 e. The molecule has 1 aliphatic heterocycles. The molecule has 0 spiro atoms. The summed E-state index contributed by atoms with van der Waals surface area (Å²) >= 11 is 0. The zero-order chi connectivity index (χ0) is 21.0. The molecule has 0 amide bonds.